The molecule has 0 aliphatic carbocycles. The summed E-state index contributed by atoms with van der Waals surface area (Å²) in [4.78, 5) is 16.8. The number of benzene rings is 3. The second-order valence-electron chi connectivity index (χ2n) is 7.27. The highest BCUT2D eigenvalue weighted by Crippen LogP contribution is 2.23. The van der Waals surface area contributed by atoms with E-state index in [1.807, 2.05) is 73.0 Å². The fraction of sp³-hybridized carbons (Fsp3) is 0.115. The molecule has 0 unspecified atom stereocenters. The minimum atomic E-state index is -0.0838. The van der Waals surface area contributed by atoms with Gasteiger partial charge in [-0.2, -0.15) is 5.26 Å². The molecule has 32 heavy (non-hydrogen) atoms. The van der Waals surface area contributed by atoms with Crippen LogP contribution in [0.25, 0.3) is 11.1 Å². The zero-order chi connectivity index (χ0) is 22.3. The van der Waals surface area contributed by atoms with Crippen LogP contribution in [-0.2, 0) is 17.8 Å². The highest BCUT2D eigenvalue weighted by atomic mass is 32.1. The van der Waals surface area contributed by atoms with Crippen LogP contribution < -0.4 is 10.1 Å². The molecule has 0 radical (unpaired) electrons. The van der Waals surface area contributed by atoms with E-state index in [0.29, 0.717) is 12.2 Å². The van der Waals surface area contributed by atoms with Crippen LogP contribution in [0.5, 0.6) is 5.75 Å². The second kappa shape index (κ2) is 9.90. The van der Waals surface area contributed by atoms with Gasteiger partial charge in [0.2, 0.25) is 5.91 Å². The van der Waals surface area contributed by atoms with Gasteiger partial charge in [-0.25, -0.2) is 4.98 Å². The molecular weight excluding hydrogens is 418 g/mol. The molecule has 3 aromatic carbocycles. The molecule has 1 N–H and O–H groups in total. The molecule has 0 spiro atoms. The molecule has 5 nitrogen and oxygen atoms in total. The Labute approximate surface area is 191 Å². The third kappa shape index (κ3) is 5.39. The van der Waals surface area contributed by atoms with Crippen molar-refractivity contribution in [3.05, 3.63) is 100 Å². The number of anilines is 1. The molecule has 4 rings (SSSR count). The third-order valence-electron chi connectivity index (χ3n) is 4.92. The summed E-state index contributed by atoms with van der Waals surface area (Å²) in [7, 11) is 0. The summed E-state index contributed by atoms with van der Waals surface area (Å²) in [6.07, 6.45) is 0.234. The lowest BCUT2D eigenvalue weighted by atomic mass is 10.0. The van der Waals surface area contributed by atoms with Gasteiger partial charge in [0.15, 0.2) is 0 Å². The quantitative estimate of drug-likeness (QED) is 0.398. The van der Waals surface area contributed by atoms with Gasteiger partial charge >= 0.3 is 0 Å². The number of hydrogen-bond donors (Lipinski definition) is 1. The predicted octanol–water partition coefficient (Wildman–Crippen LogP) is 5.75. The summed E-state index contributed by atoms with van der Waals surface area (Å²) in [6, 6.07) is 25.1. The summed E-state index contributed by atoms with van der Waals surface area (Å²) >= 11 is 1.46. The minimum Gasteiger partial charge on any atom is -0.487 e. The number of carbonyl (C=O) groups is 1. The lowest BCUT2D eigenvalue weighted by molar-refractivity contribution is -0.115. The highest BCUT2D eigenvalue weighted by Gasteiger charge is 2.10. The monoisotopic (exact) mass is 439 g/mol. The van der Waals surface area contributed by atoms with Crippen LogP contribution in [0.4, 0.5) is 5.69 Å². The van der Waals surface area contributed by atoms with Crippen molar-refractivity contribution in [2.24, 2.45) is 0 Å². The summed E-state index contributed by atoms with van der Waals surface area (Å²) in [5, 5.41) is 14.5. The Balaban J connectivity index is 1.30. The summed E-state index contributed by atoms with van der Waals surface area (Å²) < 4.78 is 5.85. The Morgan fingerprint density at radius 1 is 1.03 bits per heavy atom. The molecule has 158 valence electrons. The second-order valence-corrected chi connectivity index (χ2v) is 8.22. The Hall–Kier alpha value is -3.95. The van der Waals surface area contributed by atoms with Crippen molar-refractivity contribution in [2.45, 2.75) is 20.0 Å². The SMILES string of the molecule is Cc1ccccc1NC(=O)Cc1nc(COc2ccc(-c3ccc(C#N)cc3)cc2)cs1. The van der Waals surface area contributed by atoms with Gasteiger partial charge in [-0.05, 0) is 53.9 Å². The highest BCUT2D eigenvalue weighted by molar-refractivity contribution is 7.09. The number of rotatable bonds is 7. The largest absolute Gasteiger partial charge is 0.487 e. The van der Waals surface area contributed by atoms with Crippen molar-refractivity contribution < 1.29 is 9.53 Å². The molecule has 0 aliphatic rings. The first-order chi connectivity index (χ1) is 15.6. The maximum atomic E-state index is 12.3. The van der Waals surface area contributed by atoms with Crippen LogP contribution in [0.1, 0.15) is 21.8 Å². The standard InChI is InChI=1S/C26H21N3O2S/c1-18-4-2-3-5-24(18)29-25(30)14-26-28-22(17-32-26)16-31-23-12-10-21(11-13-23)20-8-6-19(15-27)7-9-20/h2-13,17H,14,16H2,1H3,(H,29,30). The number of nitrogens with zero attached hydrogens (tertiary/aromatic N) is 2. The maximum Gasteiger partial charge on any atom is 0.231 e. The molecule has 6 heteroatoms. The van der Waals surface area contributed by atoms with Crippen LogP contribution in [0.15, 0.2) is 78.2 Å². The van der Waals surface area contributed by atoms with Crippen molar-refractivity contribution in [3.8, 4) is 22.9 Å². The first-order valence-corrected chi connectivity index (χ1v) is 11.0. The van der Waals surface area contributed by atoms with E-state index in [4.69, 9.17) is 10.00 Å². The molecule has 0 saturated heterocycles. The zero-order valence-electron chi connectivity index (χ0n) is 17.5. The summed E-state index contributed by atoms with van der Waals surface area (Å²) in [6.45, 7) is 2.30. The first kappa shape index (κ1) is 21.3. The number of aryl methyl sites for hydroxylation is 1. The smallest absolute Gasteiger partial charge is 0.231 e. The van der Waals surface area contributed by atoms with Crippen LogP contribution >= 0.6 is 11.3 Å². The number of nitriles is 1. The minimum absolute atomic E-state index is 0.0838. The van der Waals surface area contributed by atoms with Gasteiger partial charge in [0.25, 0.3) is 0 Å². The maximum absolute atomic E-state index is 12.3. The average molecular weight is 440 g/mol. The van der Waals surface area contributed by atoms with Crippen LogP contribution in [-0.4, -0.2) is 10.9 Å². The Kier molecular flexibility index (Phi) is 6.59. The predicted molar refractivity (Wildman–Crippen MR) is 127 cm³/mol. The van der Waals surface area contributed by atoms with E-state index >= 15 is 0 Å². The number of para-hydroxylation sites is 1. The van der Waals surface area contributed by atoms with E-state index in [-0.39, 0.29) is 12.3 Å². The lowest BCUT2D eigenvalue weighted by Gasteiger charge is -2.07. The van der Waals surface area contributed by atoms with Crippen molar-refractivity contribution in [1.82, 2.24) is 4.98 Å². The van der Waals surface area contributed by atoms with Gasteiger partial charge < -0.3 is 10.1 Å². The van der Waals surface area contributed by atoms with E-state index in [0.717, 1.165) is 38.8 Å². The van der Waals surface area contributed by atoms with Crippen molar-refractivity contribution in [3.63, 3.8) is 0 Å². The number of aromatic nitrogens is 1. The molecule has 4 aromatic rings. The summed E-state index contributed by atoms with van der Waals surface area (Å²) in [5.74, 6) is 0.661. The van der Waals surface area contributed by atoms with Gasteiger partial charge in [0.05, 0.1) is 23.7 Å². The van der Waals surface area contributed by atoms with Crippen LogP contribution in [0.2, 0.25) is 0 Å². The van der Waals surface area contributed by atoms with E-state index in [1.165, 1.54) is 11.3 Å². The van der Waals surface area contributed by atoms with Gasteiger partial charge in [0, 0.05) is 11.1 Å². The van der Waals surface area contributed by atoms with Crippen molar-refractivity contribution >= 4 is 22.9 Å². The molecule has 0 bridgehead atoms. The van der Waals surface area contributed by atoms with Crippen molar-refractivity contribution in [2.75, 3.05) is 5.32 Å². The normalized spacial score (nSPS) is 10.4. The number of nitrogens with one attached hydrogen (secondary N) is 1. The molecule has 0 saturated carbocycles. The van der Waals surface area contributed by atoms with Crippen LogP contribution in [0, 0.1) is 18.3 Å². The number of hydrogen-bond acceptors (Lipinski definition) is 5. The number of thiazole rings is 1. The number of carbonyl (C=O) groups excluding carboxylic acids is 1. The zero-order valence-corrected chi connectivity index (χ0v) is 18.4. The molecule has 0 fully saturated rings. The Bertz CT molecular complexity index is 1260. The molecule has 1 amide bonds. The lowest BCUT2D eigenvalue weighted by Crippen LogP contribution is -2.15. The first-order valence-electron chi connectivity index (χ1n) is 10.1. The average Bonchev–Trinajstić information content (AvgIpc) is 3.27. The topological polar surface area (TPSA) is 75.0 Å². The Morgan fingerprint density at radius 2 is 1.72 bits per heavy atom. The molecule has 0 atom stereocenters. The Morgan fingerprint density at radius 3 is 2.41 bits per heavy atom. The fourth-order valence-electron chi connectivity index (χ4n) is 3.18. The number of amides is 1. The van der Waals surface area contributed by atoms with Crippen LogP contribution in [0.3, 0.4) is 0 Å². The fourth-order valence-corrected chi connectivity index (χ4v) is 3.96. The molecule has 0 aliphatic heterocycles. The molecule has 1 heterocycles. The molecule has 1 aromatic heterocycles. The van der Waals surface area contributed by atoms with Gasteiger partial charge in [0.1, 0.15) is 17.4 Å². The van der Waals surface area contributed by atoms with E-state index in [9.17, 15) is 4.79 Å². The van der Waals surface area contributed by atoms with Gasteiger partial charge in [-0.15, -0.1) is 11.3 Å². The van der Waals surface area contributed by atoms with Gasteiger partial charge in [-0.3, -0.25) is 4.79 Å². The van der Waals surface area contributed by atoms with E-state index < -0.39 is 0 Å². The number of ether oxygens (including phenoxy) is 1. The van der Waals surface area contributed by atoms with Crippen molar-refractivity contribution in [1.29, 1.82) is 5.26 Å². The summed E-state index contributed by atoms with van der Waals surface area (Å²) in [5.41, 5.74) is 5.39. The van der Waals surface area contributed by atoms with Gasteiger partial charge in [-0.1, -0.05) is 42.5 Å². The van der Waals surface area contributed by atoms with E-state index in [1.54, 1.807) is 12.1 Å². The molecular formula is C26H21N3O2S. The van der Waals surface area contributed by atoms with E-state index in [2.05, 4.69) is 16.4 Å². The third-order valence-corrected chi connectivity index (χ3v) is 5.82.